The molecule has 252 valence electrons. The van der Waals surface area contributed by atoms with E-state index in [9.17, 15) is 19.2 Å². The van der Waals surface area contributed by atoms with Gasteiger partial charge in [-0.1, -0.05) is 18.2 Å². The zero-order valence-electron chi connectivity index (χ0n) is 27.1. The molecule has 4 bridgehead atoms. The zero-order valence-corrected chi connectivity index (χ0v) is 27.1. The van der Waals surface area contributed by atoms with E-state index in [1.165, 1.54) is 0 Å². The number of methoxy groups -OCH3 is 1. The van der Waals surface area contributed by atoms with Crippen LogP contribution in [0.15, 0.2) is 53.1 Å². The minimum atomic E-state index is -0.863. The van der Waals surface area contributed by atoms with Gasteiger partial charge in [0.25, 0.3) is 0 Å². The lowest BCUT2D eigenvalue weighted by molar-refractivity contribution is -0.135. The first-order chi connectivity index (χ1) is 23.3. The molecule has 4 aromatic rings. The predicted octanol–water partition coefficient (Wildman–Crippen LogP) is 3.15. The third kappa shape index (κ3) is 7.45. The van der Waals surface area contributed by atoms with E-state index < -0.39 is 12.1 Å². The van der Waals surface area contributed by atoms with Crippen LogP contribution in [0.2, 0.25) is 0 Å². The number of benzene rings is 2. The quantitative estimate of drug-likeness (QED) is 0.260. The van der Waals surface area contributed by atoms with Crippen molar-refractivity contribution in [1.82, 2.24) is 30.8 Å². The number of rotatable bonds is 4. The van der Waals surface area contributed by atoms with E-state index in [1.807, 2.05) is 36.5 Å². The first kappa shape index (κ1) is 32.6. The maximum Gasteiger partial charge on any atom is 0.245 e. The summed E-state index contributed by atoms with van der Waals surface area (Å²) in [6.07, 6.45) is 3.85. The molecule has 3 aliphatic rings. The Morgan fingerprint density at radius 2 is 1.85 bits per heavy atom. The van der Waals surface area contributed by atoms with Crippen molar-refractivity contribution in [2.75, 3.05) is 26.8 Å². The van der Waals surface area contributed by atoms with Crippen LogP contribution >= 0.6 is 0 Å². The molecule has 2 atom stereocenters. The van der Waals surface area contributed by atoms with Gasteiger partial charge in [-0.3, -0.25) is 19.2 Å². The summed E-state index contributed by atoms with van der Waals surface area (Å²) in [6.45, 7) is 2.87. The molecule has 0 aliphatic carbocycles. The molecule has 13 nitrogen and oxygen atoms in total. The van der Waals surface area contributed by atoms with Gasteiger partial charge in [0, 0.05) is 55.0 Å². The molecule has 2 aromatic heterocycles. The second-order valence-corrected chi connectivity index (χ2v) is 12.1. The maximum absolute atomic E-state index is 13.6. The number of fused-ring (bicyclic) bond motifs is 16. The van der Waals surface area contributed by atoms with Crippen LogP contribution in [0.25, 0.3) is 22.4 Å². The molecule has 1 saturated heterocycles. The summed E-state index contributed by atoms with van der Waals surface area (Å²) in [5, 5.41) is 9.58. The van der Waals surface area contributed by atoms with E-state index in [4.69, 9.17) is 13.9 Å². The van der Waals surface area contributed by atoms with Gasteiger partial charge in [0.2, 0.25) is 29.5 Å². The number of hydrogen-bond acceptors (Lipinski definition) is 8. The highest BCUT2D eigenvalue weighted by atomic mass is 16.5. The van der Waals surface area contributed by atoms with E-state index in [-0.39, 0.29) is 43.0 Å². The van der Waals surface area contributed by atoms with Crippen LogP contribution in [0.1, 0.15) is 49.1 Å². The third-order valence-corrected chi connectivity index (χ3v) is 8.75. The number of aromatic nitrogens is 2. The van der Waals surface area contributed by atoms with E-state index >= 15 is 0 Å². The number of aromatic amines is 1. The number of hydrogen-bond donors (Lipinski definition) is 4. The minimum absolute atomic E-state index is 0.0987. The van der Waals surface area contributed by atoms with Crippen molar-refractivity contribution in [3.05, 3.63) is 65.7 Å². The SMILES string of the molecule is COc1cc2ccc1OCCCN(C(=O)[C@H]1CCC(=O)N1)CCCC(=O)N[C@@H](Cc1c[nH]c3ccccc13)C(=O)NCc1nc-2oc1C. The molecule has 0 unspecified atom stereocenters. The van der Waals surface area contributed by atoms with Gasteiger partial charge in [0.05, 0.1) is 20.3 Å². The fourth-order valence-corrected chi connectivity index (χ4v) is 6.15. The van der Waals surface area contributed by atoms with Gasteiger partial charge in [-0.2, -0.15) is 0 Å². The zero-order chi connectivity index (χ0) is 33.6. The maximum atomic E-state index is 13.6. The molecule has 1 fully saturated rings. The van der Waals surface area contributed by atoms with Crippen molar-refractivity contribution in [2.45, 2.75) is 64.1 Å². The number of nitrogens with zero attached hydrogens (tertiary/aromatic N) is 2. The number of carbonyl (C=O) groups is 4. The van der Waals surface area contributed by atoms with Gasteiger partial charge in [-0.15, -0.1) is 0 Å². The summed E-state index contributed by atoms with van der Waals surface area (Å²) in [5.41, 5.74) is 3.06. The summed E-state index contributed by atoms with van der Waals surface area (Å²) >= 11 is 0. The Bertz CT molecular complexity index is 1810. The molecule has 48 heavy (non-hydrogen) atoms. The monoisotopic (exact) mass is 656 g/mol. The number of carbonyl (C=O) groups excluding carboxylic acids is 4. The highest BCUT2D eigenvalue weighted by molar-refractivity contribution is 5.91. The highest BCUT2D eigenvalue weighted by Crippen LogP contribution is 2.33. The second kappa shape index (κ2) is 14.6. The summed E-state index contributed by atoms with van der Waals surface area (Å²) in [4.78, 5) is 61.7. The average molecular weight is 657 g/mol. The lowest BCUT2D eigenvalue weighted by atomic mass is 10.0. The second-order valence-electron chi connectivity index (χ2n) is 12.1. The number of aryl methyl sites for hydroxylation is 1. The Hall–Kier alpha value is -5.33. The van der Waals surface area contributed by atoms with Crippen molar-refractivity contribution in [3.63, 3.8) is 0 Å². The molecule has 0 spiro atoms. The summed E-state index contributed by atoms with van der Waals surface area (Å²) in [5.74, 6) is 0.950. The van der Waals surface area contributed by atoms with E-state index in [2.05, 4.69) is 25.9 Å². The van der Waals surface area contributed by atoms with Crippen molar-refractivity contribution in [3.8, 4) is 23.0 Å². The largest absolute Gasteiger partial charge is 0.493 e. The molecule has 0 saturated carbocycles. The van der Waals surface area contributed by atoms with Gasteiger partial charge in [-0.05, 0) is 56.0 Å². The van der Waals surface area contributed by atoms with Gasteiger partial charge in [-0.25, -0.2) is 4.98 Å². The Morgan fingerprint density at radius 3 is 2.67 bits per heavy atom. The molecule has 2 aromatic carbocycles. The van der Waals surface area contributed by atoms with Gasteiger partial charge >= 0.3 is 0 Å². The van der Waals surface area contributed by atoms with Gasteiger partial charge in [0.15, 0.2) is 11.5 Å². The summed E-state index contributed by atoms with van der Waals surface area (Å²) in [6, 6.07) is 11.7. The molecule has 4 amide bonds. The van der Waals surface area contributed by atoms with Crippen molar-refractivity contribution in [1.29, 1.82) is 0 Å². The van der Waals surface area contributed by atoms with E-state index in [0.29, 0.717) is 79.8 Å². The number of para-hydroxylation sites is 1. The number of amides is 4. The molecule has 5 heterocycles. The standard InChI is InChI=1S/C35H40N6O7/c1-21-28-20-37-33(44)27(17-23-19-36-25-8-4-3-7-24(23)25)39-31(42)9-5-14-41(35(45)26-11-13-32(43)38-26)15-6-16-47-29-12-10-22(18-30(29)46-2)34(40-28)48-21/h3-4,7-8,10,12,18-19,26-27,36H,5-6,9,11,13-17,20H2,1-2H3,(H,37,44)(H,38,43)(H,39,42)/t26-,27+/m1/s1. The molecule has 13 heteroatoms. The highest BCUT2D eigenvalue weighted by Gasteiger charge is 2.31. The smallest absolute Gasteiger partial charge is 0.245 e. The predicted molar refractivity (Wildman–Crippen MR) is 176 cm³/mol. The van der Waals surface area contributed by atoms with E-state index in [1.54, 1.807) is 31.1 Å². The Labute approximate surface area is 277 Å². The lowest BCUT2D eigenvalue weighted by Crippen LogP contribution is -2.48. The Morgan fingerprint density at radius 1 is 1.04 bits per heavy atom. The van der Waals surface area contributed by atoms with Crippen LogP contribution in [-0.4, -0.2) is 77.4 Å². The van der Waals surface area contributed by atoms with Crippen LogP contribution in [0, 0.1) is 6.92 Å². The van der Waals surface area contributed by atoms with E-state index in [0.717, 1.165) is 16.5 Å². The van der Waals surface area contributed by atoms with Crippen molar-refractivity contribution >= 4 is 34.5 Å². The van der Waals surface area contributed by atoms with Crippen LogP contribution in [0.4, 0.5) is 0 Å². The molecule has 4 N–H and O–H groups in total. The summed E-state index contributed by atoms with van der Waals surface area (Å²) < 4.78 is 17.6. The summed E-state index contributed by atoms with van der Waals surface area (Å²) in [7, 11) is 1.55. The lowest BCUT2D eigenvalue weighted by Gasteiger charge is -2.26. The Kier molecular flexibility index (Phi) is 9.93. The first-order valence-electron chi connectivity index (χ1n) is 16.3. The van der Waals surface area contributed by atoms with Gasteiger partial charge < -0.3 is 39.7 Å². The first-order valence-corrected chi connectivity index (χ1v) is 16.3. The fraction of sp³-hybridized carbons (Fsp3) is 0.400. The molecule has 3 aliphatic heterocycles. The number of H-pyrrole nitrogens is 1. The molecule has 0 radical (unpaired) electrons. The Balaban J connectivity index is 1.26. The van der Waals surface area contributed by atoms with Gasteiger partial charge in [0.1, 0.15) is 23.5 Å². The number of oxazole rings is 1. The number of ether oxygens (including phenoxy) is 2. The number of nitrogens with one attached hydrogen (secondary N) is 4. The fourth-order valence-electron chi connectivity index (χ4n) is 6.15. The molecular formula is C35H40N6O7. The van der Waals surface area contributed by atoms with Crippen molar-refractivity contribution in [2.24, 2.45) is 0 Å². The third-order valence-electron chi connectivity index (χ3n) is 8.75. The molecular weight excluding hydrogens is 616 g/mol. The average Bonchev–Trinajstić information content (AvgIpc) is 3.82. The van der Waals surface area contributed by atoms with Crippen molar-refractivity contribution < 1.29 is 33.1 Å². The minimum Gasteiger partial charge on any atom is -0.493 e. The topological polar surface area (TPSA) is 168 Å². The van der Waals surface area contributed by atoms with Crippen LogP contribution in [0.5, 0.6) is 11.5 Å². The van der Waals surface area contributed by atoms with Crippen LogP contribution in [-0.2, 0) is 32.1 Å². The molecule has 7 rings (SSSR count). The normalized spacial score (nSPS) is 19.6. The van der Waals surface area contributed by atoms with Crippen LogP contribution in [0.3, 0.4) is 0 Å². The van der Waals surface area contributed by atoms with Crippen LogP contribution < -0.4 is 25.4 Å².